The molecule has 6 nitrogen and oxygen atoms in total. The molecule has 0 aliphatic rings. The van der Waals surface area contributed by atoms with Crippen LogP contribution in [0.4, 0.5) is 0 Å². The molecule has 0 saturated heterocycles. The zero-order valence-electron chi connectivity index (χ0n) is 9.16. The second-order valence-corrected chi connectivity index (χ2v) is 3.77. The summed E-state index contributed by atoms with van der Waals surface area (Å²) >= 11 is 0. The third kappa shape index (κ3) is 1.60. The average molecular weight is 240 g/mol. The third-order valence-corrected chi connectivity index (χ3v) is 2.67. The third-order valence-electron chi connectivity index (χ3n) is 2.67. The number of carboxylic acid groups (broad SMARTS) is 1. The van der Waals surface area contributed by atoms with Crippen LogP contribution >= 0.6 is 0 Å². The minimum atomic E-state index is -1.03. The van der Waals surface area contributed by atoms with E-state index in [4.69, 9.17) is 5.11 Å². The second-order valence-electron chi connectivity index (χ2n) is 3.77. The van der Waals surface area contributed by atoms with Gasteiger partial charge in [0, 0.05) is 16.3 Å². The maximum Gasteiger partial charge on any atom is 0.353 e. The summed E-state index contributed by atoms with van der Waals surface area (Å²) in [5.74, 6) is -1.03. The number of nitrogens with one attached hydrogen (secondary N) is 1. The fourth-order valence-corrected chi connectivity index (χ4v) is 1.82. The van der Waals surface area contributed by atoms with Crippen molar-refractivity contribution in [2.24, 2.45) is 0 Å². The Balaban J connectivity index is 2.21. The predicted molar refractivity (Wildman–Crippen MR) is 64.1 cm³/mol. The van der Waals surface area contributed by atoms with Crippen molar-refractivity contribution < 1.29 is 9.90 Å². The molecule has 0 aliphatic heterocycles. The molecule has 0 atom stereocenters. The number of hydrogen-bond donors (Lipinski definition) is 2. The summed E-state index contributed by atoms with van der Waals surface area (Å²) in [5.41, 5.74) is 1.46. The maximum absolute atomic E-state index is 10.8. The zero-order chi connectivity index (χ0) is 12.5. The van der Waals surface area contributed by atoms with E-state index in [9.17, 15) is 4.79 Å². The second kappa shape index (κ2) is 3.92. The highest BCUT2D eigenvalue weighted by Crippen LogP contribution is 2.26. The van der Waals surface area contributed by atoms with Gasteiger partial charge in [-0.25, -0.2) is 4.79 Å². The molecule has 6 heteroatoms. The standard InChI is InChI=1S/C12H8N4O2/c17-12(18)11-4-10(15-16-11)8-3-1-2-7-5-13-14-6-9(7)8/h1-6H,(H,15,16)(H,17,18). The van der Waals surface area contributed by atoms with Crippen molar-refractivity contribution in [1.82, 2.24) is 20.4 Å². The summed E-state index contributed by atoms with van der Waals surface area (Å²) in [6.07, 6.45) is 3.30. The lowest BCUT2D eigenvalue weighted by molar-refractivity contribution is 0.0690. The fraction of sp³-hybridized carbons (Fsp3) is 0. The van der Waals surface area contributed by atoms with Gasteiger partial charge in [-0.05, 0) is 6.07 Å². The summed E-state index contributed by atoms with van der Waals surface area (Å²) in [7, 11) is 0. The van der Waals surface area contributed by atoms with E-state index in [-0.39, 0.29) is 5.69 Å². The molecule has 0 saturated carbocycles. The molecule has 18 heavy (non-hydrogen) atoms. The molecular weight excluding hydrogens is 232 g/mol. The summed E-state index contributed by atoms with van der Waals surface area (Å²) < 4.78 is 0. The number of fused-ring (bicyclic) bond motifs is 1. The van der Waals surface area contributed by atoms with E-state index >= 15 is 0 Å². The van der Waals surface area contributed by atoms with Gasteiger partial charge in [-0.3, -0.25) is 5.10 Å². The maximum atomic E-state index is 10.8. The molecule has 88 valence electrons. The van der Waals surface area contributed by atoms with Crippen LogP contribution in [-0.4, -0.2) is 31.5 Å². The summed E-state index contributed by atoms with van der Waals surface area (Å²) in [6, 6.07) is 7.15. The van der Waals surface area contributed by atoms with E-state index in [1.807, 2.05) is 18.2 Å². The van der Waals surface area contributed by atoms with Crippen molar-refractivity contribution in [3.8, 4) is 11.3 Å². The monoisotopic (exact) mass is 240 g/mol. The lowest BCUT2D eigenvalue weighted by atomic mass is 10.1. The molecule has 0 radical (unpaired) electrons. The summed E-state index contributed by atoms with van der Waals surface area (Å²) in [4.78, 5) is 10.8. The van der Waals surface area contributed by atoms with Crippen LogP contribution in [0.1, 0.15) is 10.5 Å². The number of carbonyl (C=O) groups is 1. The molecule has 3 rings (SSSR count). The number of aromatic amines is 1. The van der Waals surface area contributed by atoms with Crippen LogP contribution in [0.2, 0.25) is 0 Å². The van der Waals surface area contributed by atoms with Gasteiger partial charge in [-0.15, -0.1) is 0 Å². The Morgan fingerprint density at radius 2 is 2.06 bits per heavy atom. The van der Waals surface area contributed by atoms with Gasteiger partial charge in [0.2, 0.25) is 0 Å². The van der Waals surface area contributed by atoms with Crippen molar-refractivity contribution in [3.05, 3.63) is 42.4 Å². The lowest BCUT2D eigenvalue weighted by Gasteiger charge is -2.01. The van der Waals surface area contributed by atoms with Gasteiger partial charge in [0.1, 0.15) is 5.69 Å². The SMILES string of the molecule is O=C(O)c1cc(-c2cccc3cnncc23)n[nH]1. The van der Waals surface area contributed by atoms with Crippen molar-refractivity contribution in [2.75, 3.05) is 0 Å². The number of aromatic carboxylic acids is 1. The van der Waals surface area contributed by atoms with Gasteiger partial charge in [-0.2, -0.15) is 15.3 Å². The van der Waals surface area contributed by atoms with Gasteiger partial charge in [-0.1, -0.05) is 18.2 Å². The number of aromatic nitrogens is 4. The van der Waals surface area contributed by atoms with Crippen molar-refractivity contribution in [2.45, 2.75) is 0 Å². The van der Waals surface area contributed by atoms with E-state index in [1.165, 1.54) is 6.07 Å². The number of hydrogen-bond acceptors (Lipinski definition) is 4. The zero-order valence-corrected chi connectivity index (χ0v) is 9.16. The van der Waals surface area contributed by atoms with Crippen LogP contribution < -0.4 is 0 Å². The van der Waals surface area contributed by atoms with E-state index in [1.54, 1.807) is 12.4 Å². The van der Waals surface area contributed by atoms with Crippen LogP contribution in [-0.2, 0) is 0 Å². The van der Waals surface area contributed by atoms with Gasteiger partial charge in [0.05, 0.1) is 18.1 Å². The molecule has 0 fully saturated rings. The highest BCUT2D eigenvalue weighted by atomic mass is 16.4. The van der Waals surface area contributed by atoms with Crippen molar-refractivity contribution in [1.29, 1.82) is 0 Å². The summed E-state index contributed by atoms with van der Waals surface area (Å²) in [5, 5.41) is 24.8. The highest BCUT2D eigenvalue weighted by molar-refractivity contribution is 5.96. The molecule has 0 aliphatic carbocycles. The van der Waals surface area contributed by atoms with Crippen molar-refractivity contribution in [3.63, 3.8) is 0 Å². The normalized spacial score (nSPS) is 10.7. The lowest BCUT2D eigenvalue weighted by Crippen LogP contribution is -1.95. The Kier molecular flexibility index (Phi) is 2.26. The molecule has 2 N–H and O–H groups in total. The van der Waals surface area contributed by atoms with Crippen LogP contribution in [0.15, 0.2) is 36.7 Å². The molecular formula is C12H8N4O2. The number of rotatable bonds is 2. The number of benzene rings is 1. The van der Waals surface area contributed by atoms with Crippen LogP contribution in [0.25, 0.3) is 22.0 Å². The molecule has 3 aromatic rings. The van der Waals surface area contributed by atoms with E-state index in [2.05, 4.69) is 20.4 Å². The molecule has 0 bridgehead atoms. The molecule has 2 heterocycles. The Bertz CT molecular complexity index is 730. The van der Waals surface area contributed by atoms with E-state index in [0.717, 1.165) is 16.3 Å². The van der Waals surface area contributed by atoms with Crippen molar-refractivity contribution >= 4 is 16.7 Å². The number of H-pyrrole nitrogens is 1. The van der Waals surface area contributed by atoms with E-state index in [0.29, 0.717) is 5.69 Å². The number of nitrogens with zero attached hydrogens (tertiary/aromatic N) is 3. The molecule has 1 aromatic carbocycles. The highest BCUT2D eigenvalue weighted by Gasteiger charge is 2.11. The smallest absolute Gasteiger partial charge is 0.353 e. The Hall–Kier alpha value is -2.76. The molecule has 0 spiro atoms. The van der Waals surface area contributed by atoms with E-state index < -0.39 is 5.97 Å². The first-order chi connectivity index (χ1) is 8.75. The first-order valence-electron chi connectivity index (χ1n) is 5.24. The first-order valence-corrected chi connectivity index (χ1v) is 5.24. The van der Waals surface area contributed by atoms with Crippen LogP contribution in [0.5, 0.6) is 0 Å². The topological polar surface area (TPSA) is 91.8 Å². The minimum Gasteiger partial charge on any atom is -0.477 e. The molecule has 0 amide bonds. The number of carboxylic acids is 1. The Morgan fingerprint density at radius 3 is 2.83 bits per heavy atom. The van der Waals surface area contributed by atoms with Gasteiger partial charge >= 0.3 is 5.97 Å². The quantitative estimate of drug-likeness (QED) is 0.711. The minimum absolute atomic E-state index is 0.0593. The van der Waals surface area contributed by atoms with Gasteiger partial charge < -0.3 is 5.11 Å². The van der Waals surface area contributed by atoms with Crippen LogP contribution in [0, 0.1) is 0 Å². The predicted octanol–water partition coefficient (Wildman–Crippen LogP) is 1.72. The molecule has 2 aromatic heterocycles. The molecule has 0 unspecified atom stereocenters. The summed E-state index contributed by atoms with van der Waals surface area (Å²) in [6.45, 7) is 0. The first kappa shape index (κ1) is 10.4. The largest absolute Gasteiger partial charge is 0.477 e. The fourth-order valence-electron chi connectivity index (χ4n) is 1.82. The van der Waals surface area contributed by atoms with Gasteiger partial charge in [0.25, 0.3) is 0 Å². The van der Waals surface area contributed by atoms with Gasteiger partial charge in [0.15, 0.2) is 0 Å². The average Bonchev–Trinajstić information content (AvgIpc) is 2.87. The van der Waals surface area contributed by atoms with Crippen LogP contribution in [0.3, 0.4) is 0 Å². The Morgan fingerprint density at radius 1 is 1.22 bits per heavy atom. The Labute approximate surface area is 101 Å².